The molecule has 0 aliphatic rings. The highest BCUT2D eigenvalue weighted by Gasteiger charge is 2.25. The van der Waals surface area contributed by atoms with Crippen LogP contribution in [0.2, 0.25) is 0 Å². The molecule has 3 radical (unpaired) electrons. The monoisotopic (exact) mass is 605 g/mol. The van der Waals surface area contributed by atoms with Crippen LogP contribution in [0.15, 0.2) is 41.0 Å². The average Bonchev–Trinajstić information content (AvgIpc) is 2.72. The maximum Gasteiger partial charge on any atom is 0.232 e. The van der Waals surface area contributed by atoms with Gasteiger partial charge in [-0.2, -0.15) is 21.4 Å². The first kappa shape index (κ1) is 35.3. The lowest BCUT2D eigenvalue weighted by atomic mass is 10.2. The van der Waals surface area contributed by atoms with Crippen LogP contribution in [0.5, 0.6) is 0 Å². The van der Waals surface area contributed by atoms with Crippen LogP contribution in [0.4, 0.5) is 0 Å². The van der Waals surface area contributed by atoms with E-state index in [1.807, 2.05) is 37.8 Å². The number of nitriles is 1. The first-order valence-corrected chi connectivity index (χ1v) is 13.9. The van der Waals surface area contributed by atoms with Crippen molar-refractivity contribution in [1.82, 2.24) is 9.97 Å². The SMILES string of the molecule is C.CC(c1ccc(C(Cl)(Cl)Cl)nc1)S(C)=NC#N.CSC(C)c1ccc(C(Cl)(Cl)Cl)nc1.[B]. The molecule has 0 aromatic carbocycles. The van der Waals surface area contributed by atoms with Gasteiger partial charge >= 0.3 is 0 Å². The maximum atomic E-state index is 8.51. The number of nitrogens with zero attached hydrogens (tertiary/aromatic N) is 4. The Kier molecular flexibility index (Phi) is 17.1. The van der Waals surface area contributed by atoms with Crippen LogP contribution in [-0.2, 0) is 18.3 Å². The zero-order valence-corrected chi connectivity index (χ0v) is 23.7. The smallest absolute Gasteiger partial charge is 0.232 e. The molecule has 0 saturated heterocycles. The molecule has 0 spiro atoms. The molecule has 0 saturated carbocycles. The van der Waals surface area contributed by atoms with Crippen molar-refractivity contribution < 1.29 is 0 Å². The van der Waals surface area contributed by atoms with Crippen molar-refractivity contribution in [2.24, 2.45) is 4.36 Å². The molecule has 2 rings (SSSR count). The molecular weight excluding hydrogens is 584 g/mol. The van der Waals surface area contributed by atoms with E-state index in [0.717, 1.165) is 11.1 Å². The van der Waals surface area contributed by atoms with Gasteiger partial charge in [0.2, 0.25) is 13.8 Å². The Balaban J connectivity index is 0. The lowest BCUT2D eigenvalue weighted by Gasteiger charge is -2.14. The summed E-state index contributed by atoms with van der Waals surface area (Å²) < 4.78 is 0.863. The number of pyridine rings is 2. The van der Waals surface area contributed by atoms with Gasteiger partial charge in [-0.15, -0.1) is 0 Å². The Morgan fingerprint density at radius 2 is 1.36 bits per heavy atom. The topological polar surface area (TPSA) is 61.9 Å². The van der Waals surface area contributed by atoms with Gasteiger partial charge in [0, 0.05) is 31.3 Å². The summed E-state index contributed by atoms with van der Waals surface area (Å²) in [6.07, 6.45) is 9.16. The van der Waals surface area contributed by atoms with Gasteiger partial charge in [0.25, 0.3) is 0 Å². The minimum absolute atomic E-state index is 0. The lowest BCUT2D eigenvalue weighted by Crippen LogP contribution is -2.06. The molecule has 0 amide bonds. The predicted molar refractivity (Wildman–Crippen MR) is 151 cm³/mol. The molecule has 3 unspecified atom stereocenters. The number of rotatable bonds is 4. The molecule has 2 heterocycles. The maximum absolute atomic E-state index is 8.51. The van der Waals surface area contributed by atoms with E-state index in [9.17, 15) is 0 Å². The molecule has 0 aliphatic carbocycles. The number of thioether (sulfide) groups is 1. The number of alkyl halides is 6. The lowest BCUT2D eigenvalue weighted by molar-refractivity contribution is 1.02. The highest BCUT2D eigenvalue weighted by atomic mass is 35.6. The predicted octanol–water partition coefficient (Wildman–Crippen LogP) is 8.47. The second kappa shape index (κ2) is 16.0. The van der Waals surface area contributed by atoms with Gasteiger partial charge in [0.1, 0.15) is 0 Å². The average molecular weight is 608 g/mol. The summed E-state index contributed by atoms with van der Waals surface area (Å²) in [6, 6.07) is 7.19. The Morgan fingerprint density at radius 1 is 0.939 bits per heavy atom. The van der Waals surface area contributed by atoms with E-state index < -0.39 is 7.59 Å². The van der Waals surface area contributed by atoms with E-state index in [0.29, 0.717) is 16.6 Å². The largest absolute Gasteiger partial charge is 0.256 e. The summed E-state index contributed by atoms with van der Waals surface area (Å²) in [5, 5.41) is 9.03. The summed E-state index contributed by atoms with van der Waals surface area (Å²) in [5.74, 6) is 0. The van der Waals surface area contributed by atoms with Gasteiger partial charge in [0.05, 0.1) is 11.4 Å². The Morgan fingerprint density at radius 3 is 1.67 bits per heavy atom. The van der Waals surface area contributed by atoms with Gasteiger partial charge in [-0.25, -0.2) is 0 Å². The standard InChI is InChI=1S/C10H10Cl3N3S.C9H10Cl3NS.CH4.B/c1-7(17(2)16-6-14)8-3-4-9(15-5-8)10(11,12)13;1-6(14-2)7-3-4-8(13-5-7)9(10,11)12;;/h3-5,7H,1-2H3;3-6H,1-2H3;1H4;. The molecule has 2 aromatic rings. The molecule has 181 valence electrons. The fourth-order valence-electron chi connectivity index (χ4n) is 2.10. The van der Waals surface area contributed by atoms with Gasteiger partial charge in [0.15, 0.2) is 0 Å². The second-order valence-corrected chi connectivity index (χ2v) is 13.9. The van der Waals surface area contributed by atoms with E-state index in [2.05, 4.69) is 21.3 Å². The van der Waals surface area contributed by atoms with Crippen molar-refractivity contribution >= 4 is 100 Å². The van der Waals surface area contributed by atoms with Crippen LogP contribution >= 0.6 is 81.4 Å². The van der Waals surface area contributed by atoms with E-state index in [1.54, 1.807) is 36.3 Å². The summed E-state index contributed by atoms with van der Waals surface area (Å²) in [6.45, 7) is 4.09. The third kappa shape index (κ3) is 12.1. The zero-order chi connectivity index (χ0) is 23.8. The highest BCUT2D eigenvalue weighted by Crippen LogP contribution is 2.38. The van der Waals surface area contributed by atoms with Gasteiger partial charge in [-0.05, 0) is 49.6 Å². The summed E-state index contributed by atoms with van der Waals surface area (Å²) >= 11 is 35.9. The normalized spacial score (nSPS) is 13.8. The molecule has 13 heteroatoms. The minimum atomic E-state index is -1.51. The number of hydrogen-bond acceptors (Lipinski definition) is 5. The summed E-state index contributed by atoms with van der Waals surface area (Å²) in [5.41, 5.74) is 2.94. The van der Waals surface area contributed by atoms with Gasteiger partial charge < -0.3 is 0 Å². The van der Waals surface area contributed by atoms with Crippen molar-refractivity contribution in [3.8, 4) is 6.19 Å². The molecule has 0 aliphatic heterocycles. The van der Waals surface area contributed by atoms with Crippen LogP contribution in [0.25, 0.3) is 0 Å². The molecule has 2 aromatic heterocycles. The number of halogens is 6. The number of aromatic nitrogens is 2. The fourth-order valence-corrected chi connectivity index (χ4v) is 4.01. The first-order valence-electron chi connectivity index (χ1n) is 8.65. The Hall–Kier alpha value is 0.0949. The molecule has 4 nitrogen and oxygen atoms in total. The molecule has 3 atom stereocenters. The van der Waals surface area contributed by atoms with Crippen LogP contribution in [-0.4, -0.2) is 30.9 Å². The van der Waals surface area contributed by atoms with E-state index in [4.69, 9.17) is 74.9 Å². The molecule has 0 bridgehead atoms. The third-order valence-electron chi connectivity index (χ3n) is 4.14. The number of hydrogen-bond donors (Lipinski definition) is 0. The van der Waals surface area contributed by atoms with Crippen molar-refractivity contribution in [3.05, 3.63) is 59.2 Å². The summed E-state index contributed by atoms with van der Waals surface area (Å²) in [7, 11) is -0.369. The first-order chi connectivity index (χ1) is 14.3. The van der Waals surface area contributed by atoms with Crippen molar-refractivity contribution in [3.63, 3.8) is 0 Å². The van der Waals surface area contributed by atoms with Crippen molar-refractivity contribution in [2.45, 2.75) is 39.4 Å². The quantitative estimate of drug-likeness (QED) is 0.199. The van der Waals surface area contributed by atoms with Crippen LogP contribution in [0, 0.1) is 11.5 Å². The highest BCUT2D eigenvalue weighted by molar-refractivity contribution is 7.98. The van der Waals surface area contributed by atoms with E-state index >= 15 is 0 Å². The van der Waals surface area contributed by atoms with Crippen molar-refractivity contribution in [2.75, 3.05) is 12.5 Å². The summed E-state index contributed by atoms with van der Waals surface area (Å²) in [4.78, 5) is 8.21. The molecule has 0 fully saturated rings. The van der Waals surface area contributed by atoms with E-state index in [1.165, 1.54) is 0 Å². The minimum Gasteiger partial charge on any atom is -0.256 e. The molecule has 0 N–H and O–H groups in total. The van der Waals surface area contributed by atoms with Crippen LogP contribution in [0.3, 0.4) is 0 Å². The Bertz CT molecular complexity index is 911. The van der Waals surface area contributed by atoms with Crippen LogP contribution < -0.4 is 0 Å². The van der Waals surface area contributed by atoms with E-state index in [-0.39, 0.29) is 31.8 Å². The molecular formula is C20H24BCl6N4S2. The van der Waals surface area contributed by atoms with Crippen molar-refractivity contribution in [1.29, 1.82) is 5.26 Å². The second-order valence-electron chi connectivity index (χ2n) is 6.18. The fraction of sp³-hybridized carbons (Fsp3) is 0.450. The molecule has 33 heavy (non-hydrogen) atoms. The van der Waals surface area contributed by atoms with Crippen LogP contribution in [0.1, 0.15) is 54.3 Å². The Labute approximate surface area is 235 Å². The van der Waals surface area contributed by atoms with Gasteiger partial charge in [-0.3, -0.25) is 9.97 Å². The van der Waals surface area contributed by atoms with Gasteiger partial charge in [-0.1, -0.05) is 99.9 Å². The third-order valence-corrected chi connectivity index (χ3v) is 7.95. The zero-order valence-electron chi connectivity index (χ0n) is 17.6.